The van der Waals surface area contributed by atoms with Crippen LogP contribution in [-0.4, -0.2) is 17.7 Å². The summed E-state index contributed by atoms with van der Waals surface area (Å²) in [5.41, 5.74) is 0. The first-order valence-electron chi connectivity index (χ1n) is 4.30. The van der Waals surface area contributed by atoms with Gasteiger partial charge in [0, 0.05) is 6.66 Å². The fraction of sp³-hybridized carbons (Fsp3) is 1.00. The van der Waals surface area contributed by atoms with Crippen LogP contribution in [0, 0.1) is 0 Å². The Kier molecular flexibility index (Phi) is 7.25. The van der Waals surface area contributed by atoms with Crippen LogP contribution >= 0.6 is 8.38 Å². The average molecular weight is 178 g/mol. The molecule has 0 aliphatic heterocycles. The minimum Gasteiger partial charge on any atom is -0.350 e. The summed E-state index contributed by atoms with van der Waals surface area (Å²) in [5, 5.41) is 0. The molecule has 1 N–H and O–H groups in total. The van der Waals surface area contributed by atoms with Crippen LogP contribution in [0.5, 0.6) is 0 Å². The van der Waals surface area contributed by atoms with Gasteiger partial charge in [0.05, 0.1) is 6.10 Å². The van der Waals surface area contributed by atoms with E-state index in [1.165, 1.54) is 12.8 Å². The second-order valence-corrected chi connectivity index (χ2v) is 3.88. The second-order valence-electron chi connectivity index (χ2n) is 2.74. The standard InChI is InChI=1S/C8H19O2P/c1-4-6-7-8(5-2)10-11(3)9/h8-9H,4-7H2,1-3H3. The third kappa shape index (κ3) is 6.74. The highest BCUT2D eigenvalue weighted by atomic mass is 31.2. The lowest BCUT2D eigenvalue weighted by molar-refractivity contribution is 0.186. The highest BCUT2D eigenvalue weighted by molar-refractivity contribution is 7.45. The zero-order valence-corrected chi connectivity index (χ0v) is 8.60. The molecule has 68 valence electrons. The Morgan fingerprint density at radius 3 is 2.45 bits per heavy atom. The van der Waals surface area contributed by atoms with E-state index < -0.39 is 8.38 Å². The molecule has 0 aliphatic carbocycles. The Morgan fingerprint density at radius 1 is 1.45 bits per heavy atom. The number of hydrogen-bond acceptors (Lipinski definition) is 2. The van der Waals surface area contributed by atoms with E-state index in [1.807, 2.05) is 0 Å². The molecule has 2 unspecified atom stereocenters. The smallest absolute Gasteiger partial charge is 0.164 e. The van der Waals surface area contributed by atoms with Crippen LogP contribution < -0.4 is 0 Å². The Hall–Kier alpha value is 0.350. The average Bonchev–Trinajstić information content (AvgIpc) is 1.97. The van der Waals surface area contributed by atoms with E-state index in [0.717, 1.165) is 12.8 Å². The maximum atomic E-state index is 9.00. The summed E-state index contributed by atoms with van der Waals surface area (Å²) < 4.78 is 5.32. The van der Waals surface area contributed by atoms with Crippen molar-refractivity contribution in [1.29, 1.82) is 0 Å². The first-order valence-corrected chi connectivity index (χ1v) is 5.96. The molecule has 2 nitrogen and oxygen atoms in total. The molecule has 0 saturated heterocycles. The number of hydrogen-bond donors (Lipinski definition) is 1. The van der Waals surface area contributed by atoms with Gasteiger partial charge in [-0.05, 0) is 12.8 Å². The summed E-state index contributed by atoms with van der Waals surface area (Å²) in [6.45, 7) is 5.99. The summed E-state index contributed by atoms with van der Waals surface area (Å²) in [6, 6.07) is 0. The first-order chi connectivity index (χ1) is 5.20. The fourth-order valence-corrected chi connectivity index (χ4v) is 1.66. The molecule has 0 heterocycles. The van der Waals surface area contributed by atoms with Crippen LogP contribution in [0.3, 0.4) is 0 Å². The molecule has 0 spiro atoms. The summed E-state index contributed by atoms with van der Waals surface area (Å²) >= 11 is 0. The van der Waals surface area contributed by atoms with E-state index in [4.69, 9.17) is 9.42 Å². The van der Waals surface area contributed by atoms with Gasteiger partial charge < -0.3 is 9.42 Å². The summed E-state index contributed by atoms with van der Waals surface area (Å²) in [4.78, 5) is 9.00. The van der Waals surface area contributed by atoms with E-state index in [2.05, 4.69) is 13.8 Å². The topological polar surface area (TPSA) is 29.5 Å². The van der Waals surface area contributed by atoms with E-state index in [0.29, 0.717) is 0 Å². The molecule has 0 fully saturated rings. The van der Waals surface area contributed by atoms with Crippen molar-refractivity contribution in [3.8, 4) is 0 Å². The molecule has 0 amide bonds. The molecular weight excluding hydrogens is 159 g/mol. The molecule has 0 radical (unpaired) electrons. The van der Waals surface area contributed by atoms with Gasteiger partial charge in [-0.15, -0.1) is 0 Å². The summed E-state index contributed by atoms with van der Waals surface area (Å²) in [6.07, 6.45) is 4.76. The van der Waals surface area contributed by atoms with Gasteiger partial charge in [-0.2, -0.15) is 0 Å². The number of rotatable bonds is 6. The van der Waals surface area contributed by atoms with E-state index in [9.17, 15) is 0 Å². The predicted octanol–water partition coefficient (Wildman–Crippen LogP) is 2.91. The van der Waals surface area contributed by atoms with Crippen molar-refractivity contribution < 1.29 is 9.42 Å². The van der Waals surface area contributed by atoms with Crippen LogP contribution in [-0.2, 0) is 4.52 Å². The third-order valence-corrected chi connectivity index (χ3v) is 2.24. The van der Waals surface area contributed by atoms with Crippen molar-refractivity contribution >= 4 is 8.38 Å². The normalized spacial score (nSPS) is 16.4. The largest absolute Gasteiger partial charge is 0.350 e. The molecule has 11 heavy (non-hydrogen) atoms. The zero-order chi connectivity index (χ0) is 8.69. The molecular formula is C8H19O2P. The maximum Gasteiger partial charge on any atom is 0.164 e. The van der Waals surface area contributed by atoms with Crippen LogP contribution in [0.2, 0.25) is 0 Å². The molecule has 0 saturated carbocycles. The van der Waals surface area contributed by atoms with Crippen LogP contribution in [0.1, 0.15) is 39.5 Å². The third-order valence-electron chi connectivity index (χ3n) is 1.64. The van der Waals surface area contributed by atoms with E-state index >= 15 is 0 Å². The van der Waals surface area contributed by atoms with Gasteiger partial charge in [-0.25, -0.2) is 0 Å². The first kappa shape index (κ1) is 11.4. The fourth-order valence-electron chi connectivity index (χ4n) is 0.979. The molecule has 0 aliphatic rings. The molecule has 3 heteroatoms. The van der Waals surface area contributed by atoms with Gasteiger partial charge in [-0.3, -0.25) is 0 Å². The van der Waals surface area contributed by atoms with E-state index in [1.54, 1.807) is 6.66 Å². The van der Waals surface area contributed by atoms with Crippen molar-refractivity contribution in [3.05, 3.63) is 0 Å². The highest BCUT2D eigenvalue weighted by Gasteiger charge is 2.08. The quantitative estimate of drug-likeness (QED) is 0.633. The minimum atomic E-state index is -1.16. The van der Waals surface area contributed by atoms with Crippen molar-refractivity contribution in [3.63, 3.8) is 0 Å². The van der Waals surface area contributed by atoms with Crippen molar-refractivity contribution in [1.82, 2.24) is 0 Å². The van der Waals surface area contributed by atoms with Crippen LogP contribution in [0.25, 0.3) is 0 Å². The van der Waals surface area contributed by atoms with Gasteiger partial charge in [0.25, 0.3) is 0 Å². The Balaban J connectivity index is 3.41. The SMILES string of the molecule is CCCCC(CC)OP(C)O. The Bertz CT molecular complexity index is 86.2. The van der Waals surface area contributed by atoms with Crippen molar-refractivity contribution in [2.75, 3.05) is 6.66 Å². The molecule has 0 bridgehead atoms. The van der Waals surface area contributed by atoms with Crippen LogP contribution in [0.15, 0.2) is 0 Å². The summed E-state index contributed by atoms with van der Waals surface area (Å²) in [5.74, 6) is 0. The monoisotopic (exact) mass is 178 g/mol. The summed E-state index contributed by atoms with van der Waals surface area (Å²) in [7, 11) is -1.16. The maximum absolute atomic E-state index is 9.00. The molecule has 0 aromatic heterocycles. The molecule has 2 atom stereocenters. The zero-order valence-electron chi connectivity index (χ0n) is 7.71. The Morgan fingerprint density at radius 2 is 2.09 bits per heavy atom. The van der Waals surface area contributed by atoms with Gasteiger partial charge >= 0.3 is 0 Å². The van der Waals surface area contributed by atoms with E-state index in [-0.39, 0.29) is 6.10 Å². The molecule has 0 aromatic carbocycles. The second kappa shape index (κ2) is 7.02. The van der Waals surface area contributed by atoms with Crippen LogP contribution in [0.4, 0.5) is 0 Å². The molecule has 0 rings (SSSR count). The lowest BCUT2D eigenvalue weighted by Gasteiger charge is -2.16. The highest BCUT2D eigenvalue weighted by Crippen LogP contribution is 2.30. The lowest BCUT2D eigenvalue weighted by atomic mass is 10.1. The van der Waals surface area contributed by atoms with Gasteiger partial charge in [0.15, 0.2) is 8.38 Å². The molecule has 0 aromatic rings. The van der Waals surface area contributed by atoms with Crippen molar-refractivity contribution in [2.24, 2.45) is 0 Å². The minimum absolute atomic E-state index is 0.274. The van der Waals surface area contributed by atoms with Gasteiger partial charge in [-0.1, -0.05) is 26.7 Å². The number of unbranched alkanes of at least 4 members (excludes halogenated alkanes) is 1. The van der Waals surface area contributed by atoms with Crippen molar-refractivity contribution in [2.45, 2.75) is 45.6 Å². The predicted molar refractivity (Wildman–Crippen MR) is 49.8 cm³/mol. The Labute approximate surface area is 70.9 Å². The lowest BCUT2D eigenvalue weighted by Crippen LogP contribution is -2.07. The van der Waals surface area contributed by atoms with Gasteiger partial charge in [0.2, 0.25) is 0 Å². The van der Waals surface area contributed by atoms with Gasteiger partial charge in [0.1, 0.15) is 0 Å².